The molecule has 0 fully saturated rings. The summed E-state index contributed by atoms with van der Waals surface area (Å²) in [6, 6.07) is 7.01. The molecule has 19 heavy (non-hydrogen) atoms. The summed E-state index contributed by atoms with van der Waals surface area (Å²) >= 11 is 0. The molecule has 1 amide bonds. The smallest absolute Gasteiger partial charge is 0.328 e. The van der Waals surface area contributed by atoms with Crippen molar-refractivity contribution in [3.63, 3.8) is 0 Å². The van der Waals surface area contributed by atoms with Crippen molar-refractivity contribution in [1.29, 1.82) is 0 Å². The molecule has 0 unspecified atom stereocenters. The second kappa shape index (κ2) is 7.16. The number of anilines is 1. The molecule has 0 atom stereocenters. The molecular weight excluding hydrogens is 242 g/mol. The van der Waals surface area contributed by atoms with Crippen LogP contribution in [0.1, 0.15) is 25.8 Å². The van der Waals surface area contributed by atoms with E-state index in [9.17, 15) is 9.59 Å². The Labute approximate surface area is 112 Å². The van der Waals surface area contributed by atoms with Crippen LogP contribution in [-0.4, -0.2) is 17.0 Å². The van der Waals surface area contributed by atoms with Gasteiger partial charge in [-0.15, -0.1) is 0 Å². The Morgan fingerprint density at radius 1 is 1.37 bits per heavy atom. The summed E-state index contributed by atoms with van der Waals surface area (Å²) in [5.74, 6) is -1.16. The molecule has 4 nitrogen and oxygen atoms in total. The van der Waals surface area contributed by atoms with Crippen LogP contribution in [-0.2, 0) is 9.59 Å². The van der Waals surface area contributed by atoms with Gasteiger partial charge in [-0.1, -0.05) is 25.1 Å². The summed E-state index contributed by atoms with van der Waals surface area (Å²) in [4.78, 5) is 22.2. The summed E-state index contributed by atoms with van der Waals surface area (Å²) in [6.45, 7) is 3.72. The van der Waals surface area contributed by atoms with Gasteiger partial charge in [0.15, 0.2) is 0 Å². The van der Waals surface area contributed by atoms with Crippen LogP contribution in [0.25, 0.3) is 6.08 Å². The van der Waals surface area contributed by atoms with Crippen molar-refractivity contribution in [2.45, 2.75) is 20.3 Å². The van der Waals surface area contributed by atoms with Crippen molar-refractivity contribution in [2.24, 2.45) is 0 Å². The van der Waals surface area contributed by atoms with E-state index in [1.807, 2.05) is 13.0 Å². The molecule has 0 spiro atoms. The standard InChI is InChI=1S/C15H17NO3/c1-3-5-11(2)15(19)16-13-7-4-6-12(10-13)8-9-14(17)18/h4-10H,3H2,1-2H3,(H,16,19)(H,17,18)/b9-8+,11-5-. The van der Waals surface area contributed by atoms with E-state index in [0.29, 0.717) is 11.3 Å². The van der Waals surface area contributed by atoms with Gasteiger partial charge in [0.2, 0.25) is 0 Å². The number of benzene rings is 1. The lowest BCUT2D eigenvalue weighted by molar-refractivity contribution is -0.131. The lowest BCUT2D eigenvalue weighted by Gasteiger charge is -2.06. The van der Waals surface area contributed by atoms with E-state index in [0.717, 1.165) is 18.1 Å². The van der Waals surface area contributed by atoms with Crippen LogP contribution in [0, 0.1) is 0 Å². The number of carboxylic acids is 1. The minimum absolute atomic E-state index is 0.152. The number of carboxylic acid groups (broad SMARTS) is 1. The summed E-state index contributed by atoms with van der Waals surface area (Å²) in [5.41, 5.74) is 2.02. The van der Waals surface area contributed by atoms with E-state index >= 15 is 0 Å². The predicted octanol–water partition coefficient (Wildman–Crippen LogP) is 3.08. The molecule has 100 valence electrons. The Balaban J connectivity index is 2.80. The lowest BCUT2D eigenvalue weighted by Crippen LogP contribution is -2.12. The third-order valence-corrected chi connectivity index (χ3v) is 2.43. The van der Waals surface area contributed by atoms with Gasteiger partial charge in [-0.25, -0.2) is 4.79 Å². The van der Waals surface area contributed by atoms with Gasteiger partial charge in [-0.2, -0.15) is 0 Å². The van der Waals surface area contributed by atoms with Gasteiger partial charge < -0.3 is 10.4 Å². The fourth-order valence-electron chi connectivity index (χ4n) is 1.52. The summed E-state index contributed by atoms with van der Waals surface area (Å²) < 4.78 is 0. The van der Waals surface area contributed by atoms with E-state index in [-0.39, 0.29) is 5.91 Å². The third kappa shape index (κ3) is 5.21. The number of hydrogen-bond acceptors (Lipinski definition) is 2. The summed E-state index contributed by atoms with van der Waals surface area (Å²) in [5, 5.41) is 11.3. The van der Waals surface area contributed by atoms with Crippen molar-refractivity contribution in [2.75, 3.05) is 5.32 Å². The monoisotopic (exact) mass is 259 g/mol. The average Bonchev–Trinajstić information content (AvgIpc) is 2.37. The molecule has 0 saturated carbocycles. The van der Waals surface area contributed by atoms with Crippen molar-refractivity contribution in [3.05, 3.63) is 47.6 Å². The maximum Gasteiger partial charge on any atom is 0.328 e. The van der Waals surface area contributed by atoms with Crippen LogP contribution in [0.3, 0.4) is 0 Å². The Morgan fingerprint density at radius 3 is 2.74 bits per heavy atom. The molecule has 1 aromatic rings. The van der Waals surface area contributed by atoms with Gasteiger partial charge in [0.05, 0.1) is 0 Å². The first-order chi connectivity index (χ1) is 9.02. The Morgan fingerprint density at radius 2 is 2.11 bits per heavy atom. The molecule has 0 radical (unpaired) electrons. The van der Waals surface area contributed by atoms with Gasteiger partial charge in [0.1, 0.15) is 0 Å². The topological polar surface area (TPSA) is 66.4 Å². The molecule has 0 saturated heterocycles. The number of carbonyl (C=O) groups is 2. The molecule has 0 heterocycles. The Kier molecular flexibility index (Phi) is 5.54. The molecule has 2 N–H and O–H groups in total. The largest absolute Gasteiger partial charge is 0.478 e. The van der Waals surface area contributed by atoms with Crippen molar-refractivity contribution >= 4 is 23.6 Å². The van der Waals surface area contributed by atoms with Crippen molar-refractivity contribution < 1.29 is 14.7 Å². The fourth-order valence-corrected chi connectivity index (χ4v) is 1.52. The zero-order valence-electron chi connectivity index (χ0n) is 11.0. The Bertz CT molecular complexity index is 530. The Hall–Kier alpha value is -2.36. The lowest BCUT2D eigenvalue weighted by atomic mass is 10.1. The minimum Gasteiger partial charge on any atom is -0.478 e. The van der Waals surface area contributed by atoms with Gasteiger partial charge in [-0.05, 0) is 37.1 Å². The van der Waals surface area contributed by atoms with Crippen LogP contribution in [0.5, 0.6) is 0 Å². The second-order valence-corrected chi connectivity index (χ2v) is 4.05. The molecule has 4 heteroatoms. The zero-order chi connectivity index (χ0) is 14.3. The number of amides is 1. The first-order valence-corrected chi connectivity index (χ1v) is 6.02. The van der Waals surface area contributed by atoms with Crippen LogP contribution in [0.2, 0.25) is 0 Å². The van der Waals surface area contributed by atoms with E-state index in [1.165, 1.54) is 6.08 Å². The normalized spacial score (nSPS) is 11.6. The predicted molar refractivity (Wildman–Crippen MR) is 75.8 cm³/mol. The van der Waals surface area contributed by atoms with Crippen molar-refractivity contribution in [1.82, 2.24) is 0 Å². The van der Waals surface area contributed by atoms with E-state index in [2.05, 4.69) is 5.32 Å². The number of carbonyl (C=O) groups excluding carboxylic acids is 1. The fraction of sp³-hybridized carbons (Fsp3) is 0.200. The molecular formula is C15H17NO3. The first-order valence-electron chi connectivity index (χ1n) is 6.02. The molecule has 0 aromatic heterocycles. The number of rotatable bonds is 5. The average molecular weight is 259 g/mol. The molecule has 0 bridgehead atoms. The number of nitrogens with one attached hydrogen (secondary N) is 1. The van der Waals surface area contributed by atoms with E-state index < -0.39 is 5.97 Å². The number of aliphatic carboxylic acids is 1. The molecule has 0 aliphatic heterocycles. The highest BCUT2D eigenvalue weighted by Gasteiger charge is 2.04. The first kappa shape index (κ1) is 14.7. The van der Waals surface area contributed by atoms with Gasteiger partial charge in [0, 0.05) is 17.3 Å². The van der Waals surface area contributed by atoms with E-state index in [1.54, 1.807) is 31.2 Å². The number of hydrogen-bond donors (Lipinski definition) is 2. The summed E-state index contributed by atoms with van der Waals surface area (Å²) in [6.07, 6.45) is 5.19. The van der Waals surface area contributed by atoms with Gasteiger partial charge >= 0.3 is 5.97 Å². The quantitative estimate of drug-likeness (QED) is 0.798. The maximum absolute atomic E-state index is 11.8. The second-order valence-electron chi connectivity index (χ2n) is 4.05. The third-order valence-electron chi connectivity index (χ3n) is 2.43. The molecule has 0 aliphatic rings. The molecule has 1 aromatic carbocycles. The molecule has 1 rings (SSSR count). The van der Waals surface area contributed by atoms with E-state index in [4.69, 9.17) is 5.11 Å². The highest BCUT2D eigenvalue weighted by Crippen LogP contribution is 2.13. The van der Waals surface area contributed by atoms with Crippen LogP contribution >= 0.6 is 0 Å². The van der Waals surface area contributed by atoms with Crippen LogP contribution < -0.4 is 5.32 Å². The number of allylic oxidation sites excluding steroid dienone is 1. The summed E-state index contributed by atoms with van der Waals surface area (Å²) in [7, 11) is 0. The maximum atomic E-state index is 11.8. The highest BCUT2D eigenvalue weighted by molar-refractivity contribution is 6.03. The van der Waals surface area contributed by atoms with Crippen LogP contribution in [0.15, 0.2) is 42.0 Å². The van der Waals surface area contributed by atoms with Crippen molar-refractivity contribution in [3.8, 4) is 0 Å². The van der Waals surface area contributed by atoms with Gasteiger partial charge in [-0.3, -0.25) is 4.79 Å². The SMILES string of the molecule is CC/C=C(/C)C(=O)Nc1cccc(/C=C/C(=O)O)c1. The highest BCUT2D eigenvalue weighted by atomic mass is 16.4. The van der Waals surface area contributed by atoms with Gasteiger partial charge in [0.25, 0.3) is 5.91 Å². The molecule has 0 aliphatic carbocycles. The zero-order valence-corrected chi connectivity index (χ0v) is 11.0. The van der Waals surface area contributed by atoms with Crippen LogP contribution in [0.4, 0.5) is 5.69 Å². The minimum atomic E-state index is -1.00.